The molecule has 0 atom stereocenters. The van der Waals surface area contributed by atoms with Gasteiger partial charge in [0, 0.05) is 6.07 Å². The number of anilines is 1. The predicted molar refractivity (Wildman–Crippen MR) is 58.7 cm³/mol. The molecule has 1 aromatic carbocycles. The minimum absolute atomic E-state index is 0.183. The molecule has 0 saturated carbocycles. The van der Waals surface area contributed by atoms with E-state index < -0.39 is 39.6 Å². The summed E-state index contributed by atoms with van der Waals surface area (Å²) in [4.78, 5) is -0.433. The maximum Gasteiger partial charge on any atom is 0.340 e. The van der Waals surface area contributed by atoms with E-state index in [1.165, 1.54) is 0 Å². The van der Waals surface area contributed by atoms with Gasteiger partial charge in [-0.15, -0.1) is 0 Å². The highest BCUT2D eigenvalue weighted by Crippen LogP contribution is 2.28. The first-order valence-corrected chi connectivity index (χ1v) is 6.30. The monoisotopic (exact) mass is 302 g/mol. The third-order valence-electron chi connectivity index (χ3n) is 2.05. The summed E-state index contributed by atoms with van der Waals surface area (Å²) in [6.07, 6.45) is -3.91. The zero-order valence-corrected chi connectivity index (χ0v) is 10.1. The summed E-state index contributed by atoms with van der Waals surface area (Å²) in [6.45, 7) is -1.64. The molecule has 0 aromatic heterocycles. The molecule has 0 unspecified atom stereocenters. The molecule has 4 N–H and O–H groups in total. The van der Waals surface area contributed by atoms with Crippen LogP contribution in [0.3, 0.4) is 0 Å². The first kappa shape index (κ1) is 15.5. The molecule has 0 fully saturated rings. The van der Waals surface area contributed by atoms with E-state index in [-0.39, 0.29) is 5.69 Å². The summed E-state index contributed by atoms with van der Waals surface area (Å²) in [5.41, 5.74) is 5.16. The molecule has 0 radical (unpaired) electrons. The summed E-state index contributed by atoms with van der Waals surface area (Å²) in [5, 5.41) is 4.81. The lowest BCUT2D eigenvalue weighted by atomic mass is 10.3. The van der Waals surface area contributed by atoms with E-state index in [4.69, 9.17) is 10.9 Å². The second-order valence-corrected chi connectivity index (χ2v) is 5.16. The van der Waals surface area contributed by atoms with Gasteiger partial charge in [-0.25, -0.2) is 22.3 Å². The molecule has 5 nitrogen and oxygen atoms in total. The van der Waals surface area contributed by atoms with Crippen LogP contribution in [0.5, 0.6) is 5.75 Å². The number of primary sulfonamides is 1. The molecular formula is C9H10F4N2O3S. The van der Waals surface area contributed by atoms with E-state index in [0.717, 1.165) is 18.2 Å². The Bertz CT molecular complexity index is 563. The van der Waals surface area contributed by atoms with Crippen molar-refractivity contribution in [2.45, 2.75) is 17.2 Å². The Hall–Kier alpha value is -1.55. The van der Waals surface area contributed by atoms with Gasteiger partial charge < -0.3 is 10.5 Å². The highest BCUT2D eigenvalue weighted by Gasteiger charge is 2.41. The largest absolute Gasteiger partial charge is 0.485 e. The lowest BCUT2D eigenvalue weighted by Gasteiger charge is -2.17. The van der Waals surface area contributed by atoms with Crippen LogP contribution in [0.4, 0.5) is 23.2 Å². The Morgan fingerprint density at radius 2 is 1.89 bits per heavy atom. The number of nitrogen functional groups attached to an aromatic ring is 1. The van der Waals surface area contributed by atoms with Gasteiger partial charge >= 0.3 is 12.3 Å². The number of alkyl halides is 4. The average Bonchev–Trinajstić information content (AvgIpc) is 2.26. The molecule has 0 heterocycles. The quantitative estimate of drug-likeness (QED) is 0.631. The summed E-state index contributed by atoms with van der Waals surface area (Å²) in [6, 6.07) is 2.87. The van der Waals surface area contributed by atoms with E-state index in [1.54, 1.807) is 0 Å². The van der Waals surface area contributed by atoms with Crippen molar-refractivity contribution in [1.29, 1.82) is 0 Å². The zero-order valence-electron chi connectivity index (χ0n) is 9.32. The number of benzene rings is 1. The van der Waals surface area contributed by atoms with Gasteiger partial charge in [0.25, 0.3) is 0 Å². The maximum atomic E-state index is 12.6. The van der Waals surface area contributed by atoms with E-state index >= 15 is 0 Å². The van der Waals surface area contributed by atoms with Crippen LogP contribution in [0, 0.1) is 0 Å². The fourth-order valence-corrected chi connectivity index (χ4v) is 1.58. The Balaban J connectivity index is 2.96. The fraction of sp³-hybridized carbons (Fsp3) is 0.333. The number of ether oxygens (including phenoxy) is 1. The first-order valence-electron chi connectivity index (χ1n) is 4.75. The van der Waals surface area contributed by atoms with Gasteiger partial charge in [-0.3, -0.25) is 0 Å². The second-order valence-electron chi connectivity index (χ2n) is 3.60. The molecule has 108 valence electrons. The number of rotatable bonds is 5. The van der Waals surface area contributed by atoms with Crippen LogP contribution in [0.2, 0.25) is 0 Å². The SMILES string of the molecule is Nc1ccc(S(N)(=O)=O)cc1OCC(F)(F)C(F)F. The third kappa shape index (κ3) is 3.96. The highest BCUT2D eigenvalue weighted by atomic mass is 32.2. The molecule has 0 aliphatic rings. The molecule has 0 aliphatic carbocycles. The summed E-state index contributed by atoms with van der Waals surface area (Å²) >= 11 is 0. The molecule has 0 bridgehead atoms. The van der Waals surface area contributed by atoms with Gasteiger partial charge in [-0.1, -0.05) is 0 Å². The van der Waals surface area contributed by atoms with Crippen LogP contribution in [0.15, 0.2) is 23.1 Å². The zero-order chi connectivity index (χ0) is 14.8. The summed E-state index contributed by atoms with van der Waals surface area (Å²) < 4.78 is 75.6. The minimum Gasteiger partial charge on any atom is -0.485 e. The molecule has 1 aromatic rings. The van der Waals surface area contributed by atoms with Gasteiger partial charge in [0.05, 0.1) is 10.6 Å². The van der Waals surface area contributed by atoms with E-state index in [1.807, 2.05) is 0 Å². The Morgan fingerprint density at radius 3 is 2.37 bits per heavy atom. The number of hydrogen-bond acceptors (Lipinski definition) is 4. The Kier molecular flexibility index (Phi) is 4.25. The minimum atomic E-state index is -4.37. The Morgan fingerprint density at radius 1 is 1.32 bits per heavy atom. The van der Waals surface area contributed by atoms with Gasteiger partial charge in [0.15, 0.2) is 6.61 Å². The maximum absolute atomic E-state index is 12.6. The van der Waals surface area contributed by atoms with Crippen LogP contribution < -0.4 is 15.6 Å². The van der Waals surface area contributed by atoms with E-state index in [0.29, 0.717) is 0 Å². The standard InChI is InChI=1S/C9H10F4N2O3S/c10-8(11)9(12,13)4-18-7-3-5(19(15,16)17)1-2-6(7)14/h1-3,8H,4,14H2,(H2,15,16,17). The van der Waals surface area contributed by atoms with Crippen LogP contribution in [-0.4, -0.2) is 27.4 Å². The predicted octanol–water partition coefficient (Wildman–Crippen LogP) is 1.20. The molecule has 0 aliphatic heterocycles. The van der Waals surface area contributed by atoms with Crippen molar-refractivity contribution in [2.75, 3.05) is 12.3 Å². The molecule has 10 heteroatoms. The van der Waals surface area contributed by atoms with Crippen molar-refractivity contribution in [3.63, 3.8) is 0 Å². The van der Waals surface area contributed by atoms with Crippen molar-refractivity contribution >= 4 is 15.7 Å². The van der Waals surface area contributed by atoms with Crippen molar-refractivity contribution in [3.05, 3.63) is 18.2 Å². The molecule has 19 heavy (non-hydrogen) atoms. The summed E-state index contributed by atoms with van der Waals surface area (Å²) in [5.74, 6) is -4.84. The number of nitrogens with two attached hydrogens (primary N) is 2. The number of halogens is 4. The molecular weight excluding hydrogens is 292 g/mol. The average molecular weight is 302 g/mol. The van der Waals surface area contributed by atoms with Crippen LogP contribution in [0.1, 0.15) is 0 Å². The first-order chi connectivity index (χ1) is 8.54. The third-order valence-corrected chi connectivity index (χ3v) is 2.96. The lowest BCUT2D eigenvalue weighted by molar-refractivity contribution is -0.148. The van der Waals surface area contributed by atoms with E-state index in [9.17, 15) is 26.0 Å². The van der Waals surface area contributed by atoms with Crippen LogP contribution >= 0.6 is 0 Å². The van der Waals surface area contributed by atoms with Gasteiger partial charge in [0.2, 0.25) is 10.0 Å². The van der Waals surface area contributed by atoms with Gasteiger partial charge in [-0.2, -0.15) is 8.78 Å². The Labute approximate surface area is 106 Å². The normalized spacial score (nSPS) is 12.7. The lowest BCUT2D eigenvalue weighted by Crippen LogP contribution is -2.33. The smallest absolute Gasteiger partial charge is 0.340 e. The molecule has 0 amide bonds. The van der Waals surface area contributed by atoms with Crippen molar-refractivity contribution in [1.82, 2.24) is 0 Å². The molecule has 1 rings (SSSR count). The van der Waals surface area contributed by atoms with Crippen molar-refractivity contribution in [3.8, 4) is 5.75 Å². The second kappa shape index (κ2) is 5.21. The highest BCUT2D eigenvalue weighted by molar-refractivity contribution is 7.89. The molecule has 0 spiro atoms. The summed E-state index contributed by atoms with van der Waals surface area (Å²) in [7, 11) is -4.08. The van der Waals surface area contributed by atoms with Gasteiger partial charge in [0.1, 0.15) is 5.75 Å². The van der Waals surface area contributed by atoms with E-state index in [2.05, 4.69) is 4.74 Å². The topological polar surface area (TPSA) is 95.4 Å². The van der Waals surface area contributed by atoms with Crippen molar-refractivity contribution in [2.24, 2.45) is 5.14 Å². The van der Waals surface area contributed by atoms with Crippen molar-refractivity contribution < 1.29 is 30.7 Å². The number of sulfonamides is 1. The fourth-order valence-electron chi connectivity index (χ4n) is 1.05. The number of hydrogen-bond donors (Lipinski definition) is 2. The van der Waals surface area contributed by atoms with Crippen LogP contribution in [0.25, 0.3) is 0 Å². The van der Waals surface area contributed by atoms with Crippen LogP contribution in [-0.2, 0) is 10.0 Å². The molecule has 0 saturated heterocycles. The van der Waals surface area contributed by atoms with Gasteiger partial charge in [-0.05, 0) is 12.1 Å².